The van der Waals surface area contributed by atoms with Gasteiger partial charge in [-0.1, -0.05) is 109 Å². The van der Waals surface area contributed by atoms with Gasteiger partial charge in [0.2, 0.25) is 0 Å². The van der Waals surface area contributed by atoms with E-state index in [1.807, 2.05) is 24.3 Å². The fraction of sp³-hybridized carbons (Fsp3) is 0. The van der Waals surface area contributed by atoms with Crippen molar-refractivity contribution in [3.63, 3.8) is 0 Å². The summed E-state index contributed by atoms with van der Waals surface area (Å²) in [5, 5.41) is 0. The highest BCUT2D eigenvalue weighted by Gasteiger charge is 1.93. The van der Waals surface area contributed by atoms with Gasteiger partial charge in [0.25, 0.3) is 0 Å². The number of benzene rings is 4. The maximum absolute atomic E-state index is 2.12. The molecule has 0 spiro atoms. The van der Waals surface area contributed by atoms with Crippen LogP contribution in [-0.2, 0) is 0 Å². The van der Waals surface area contributed by atoms with Gasteiger partial charge >= 0.3 is 0 Å². The van der Waals surface area contributed by atoms with Crippen molar-refractivity contribution in [1.29, 1.82) is 0 Å². The molecule has 4 aromatic rings. The van der Waals surface area contributed by atoms with Gasteiger partial charge in [-0.2, -0.15) is 13.5 Å². The third-order valence-electron chi connectivity index (χ3n) is 3.60. The number of hydrogen-bond donors (Lipinski definition) is 0. The zero-order valence-electron chi connectivity index (χ0n) is 14.5. The molecule has 0 saturated heterocycles. The summed E-state index contributed by atoms with van der Waals surface area (Å²) in [5.74, 6) is 0. The average Bonchev–Trinajstić information content (AvgIpc) is 2.71. The van der Waals surface area contributed by atoms with Crippen LogP contribution in [0.1, 0.15) is 0 Å². The molecule has 4 rings (SSSR count). The van der Waals surface area contributed by atoms with Gasteiger partial charge in [-0.05, 0) is 35.4 Å². The van der Waals surface area contributed by atoms with Crippen LogP contribution in [0.3, 0.4) is 0 Å². The van der Waals surface area contributed by atoms with E-state index in [0.29, 0.717) is 0 Å². The highest BCUT2D eigenvalue weighted by Crippen LogP contribution is 2.26. The van der Waals surface area contributed by atoms with E-state index < -0.39 is 0 Å². The van der Waals surface area contributed by atoms with Crippen molar-refractivity contribution in [3.8, 4) is 11.1 Å². The first-order valence-corrected chi connectivity index (χ1v) is 9.12. The molecule has 0 heterocycles. The maximum atomic E-state index is 2.12. The van der Waals surface area contributed by atoms with E-state index in [2.05, 4.69) is 97.1 Å². The third-order valence-corrected chi connectivity index (χ3v) is 4.62. The second-order valence-electron chi connectivity index (χ2n) is 5.46. The fourth-order valence-corrected chi connectivity index (χ4v) is 3.23. The first-order chi connectivity index (χ1) is 12.4. The predicted octanol–water partition coefficient (Wildman–Crippen LogP) is 7.30. The van der Waals surface area contributed by atoms with Gasteiger partial charge in [0, 0.05) is 9.79 Å². The lowest BCUT2D eigenvalue weighted by Crippen LogP contribution is -1.73. The Kier molecular flexibility index (Phi) is 8.61. The predicted molar refractivity (Wildman–Crippen MR) is 119 cm³/mol. The minimum absolute atomic E-state index is 0. The van der Waals surface area contributed by atoms with Gasteiger partial charge < -0.3 is 0 Å². The average molecular weight is 375 g/mol. The Morgan fingerprint density at radius 3 is 0.923 bits per heavy atom. The van der Waals surface area contributed by atoms with Crippen LogP contribution in [0.15, 0.2) is 131 Å². The van der Waals surface area contributed by atoms with Crippen LogP contribution in [0.5, 0.6) is 0 Å². The molecule has 0 radical (unpaired) electrons. The SMILES string of the molecule is S.c1ccc(-c2ccccc2)cc1.c1ccc(Sc2ccccc2)cc1. The Bertz CT molecular complexity index is 770. The Hall–Kier alpha value is -2.42. The molecule has 0 aliphatic carbocycles. The molecule has 0 nitrogen and oxygen atoms in total. The van der Waals surface area contributed by atoms with E-state index in [0.717, 1.165) is 0 Å². The molecule has 0 atom stereocenters. The molecule has 2 heteroatoms. The third kappa shape index (κ3) is 6.47. The normalized spacial score (nSPS) is 9.38. The van der Waals surface area contributed by atoms with Gasteiger partial charge in [-0.3, -0.25) is 0 Å². The van der Waals surface area contributed by atoms with E-state index in [1.54, 1.807) is 11.8 Å². The lowest BCUT2D eigenvalue weighted by atomic mass is 10.1. The molecule has 130 valence electrons. The van der Waals surface area contributed by atoms with Crippen molar-refractivity contribution < 1.29 is 0 Å². The van der Waals surface area contributed by atoms with Crippen LogP contribution in [-0.4, -0.2) is 0 Å². The second-order valence-corrected chi connectivity index (χ2v) is 6.61. The lowest BCUT2D eigenvalue weighted by Gasteiger charge is -1.99. The number of hydrogen-bond acceptors (Lipinski definition) is 1. The van der Waals surface area contributed by atoms with E-state index >= 15 is 0 Å². The first kappa shape index (κ1) is 19.9. The second kappa shape index (κ2) is 11.2. The van der Waals surface area contributed by atoms with Gasteiger partial charge in [-0.25, -0.2) is 0 Å². The maximum Gasteiger partial charge on any atom is 0.0122 e. The highest BCUT2D eigenvalue weighted by atomic mass is 32.2. The van der Waals surface area contributed by atoms with Crippen molar-refractivity contribution in [1.82, 2.24) is 0 Å². The molecule has 0 aliphatic heterocycles. The van der Waals surface area contributed by atoms with E-state index in [9.17, 15) is 0 Å². The molecular formula is C24H22S2. The topological polar surface area (TPSA) is 0 Å². The summed E-state index contributed by atoms with van der Waals surface area (Å²) in [5.41, 5.74) is 2.55. The number of rotatable bonds is 3. The molecule has 0 fully saturated rings. The molecule has 0 N–H and O–H groups in total. The molecule has 0 saturated carbocycles. The Morgan fingerprint density at radius 2 is 0.615 bits per heavy atom. The first-order valence-electron chi connectivity index (χ1n) is 8.30. The van der Waals surface area contributed by atoms with Crippen molar-refractivity contribution in [3.05, 3.63) is 121 Å². The lowest BCUT2D eigenvalue weighted by molar-refractivity contribution is 1.41. The molecule has 0 bridgehead atoms. The van der Waals surface area contributed by atoms with Crippen molar-refractivity contribution in [2.24, 2.45) is 0 Å². The quantitative estimate of drug-likeness (QED) is 0.362. The minimum Gasteiger partial charge on any atom is -0.197 e. The van der Waals surface area contributed by atoms with Gasteiger partial charge in [0.1, 0.15) is 0 Å². The van der Waals surface area contributed by atoms with Gasteiger partial charge in [0.05, 0.1) is 0 Å². The molecule has 0 amide bonds. The minimum atomic E-state index is 0. The summed E-state index contributed by atoms with van der Waals surface area (Å²) in [6.07, 6.45) is 0. The van der Waals surface area contributed by atoms with Gasteiger partial charge in [-0.15, -0.1) is 0 Å². The summed E-state index contributed by atoms with van der Waals surface area (Å²) in [4.78, 5) is 2.57. The summed E-state index contributed by atoms with van der Waals surface area (Å²) < 4.78 is 0. The van der Waals surface area contributed by atoms with E-state index in [1.165, 1.54) is 20.9 Å². The van der Waals surface area contributed by atoms with E-state index in [-0.39, 0.29) is 13.5 Å². The largest absolute Gasteiger partial charge is 0.197 e. The monoisotopic (exact) mass is 374 g/mol. The van der Waals surface area contributed by atoms with Gasteiger partial charge in [0.15, 0.2) is 0 Å². The fourth-order valence-electron chi connectivity index (χ4n) is 2.37. The van der Waals surface area contributed by atoms with Crippen LogP contribution in [0, 0.1) is 0 Å². The highest BCUT2D eigenvalue weighted by molar-refractivity contribution is 7.99. The summed E-state index contributed by atoms with van der Waals surface area (Å²) >= 11 is 1.79. The van der Waals surface area contributed by atoms with Crippen LogP contribution < -0.4 is 0 Å². The van der Waals surface area contributed by atoms with Crippen LogP contribution in [0.2, 0.25) is 0 Å². The van der Waals surface area contributed by atoms with Crippen molar-refractivity contribution >= 4 is 25.3 Å². The molecular weight excluding hydrogens is 352 g/mol. The molecule has 4 aromatic carbocycles. The molecule has 0 unspecified atom stereocenters. The molecule has 0 aliphatic rings. The zero-order valence-corrected chi connectivity index (χ0v) is 16.3. The van der Waals surface area contributed by atoms with Crippen LogP contribution >= 0.6 is 25.3 Å². The van der Waals surface area contributed by atoms with Crippen LogP contribution in [0.4, 0.5) is 0 Å². The Morgan fingerprint density at radius 1 is 0.346 bits per heavy atom. The van der Waals surface area contributed by atoms with Crippen molar-refractivity contribution in [2.45, 2.75) is 9.79 Å². The standard InChI is InChI=1S/C12H10S.C12H10.H2S/c1-3-7-11(8-4-1)13-12-9-5-2-6-10-12;1-3-7-11(8-4-1)12-9-5-2-6-10-12;/h1-10H;1-10H;1H2. The smallest absolute Gasteiger partial charge is 0.0122 e. The van der Waals surface area contributed by atoms with Crippen LogP contribution in [0.25, 0.3) is 11.1 Å². The van der Waals surface area contributed by atoms with E-state index in [4.69, 9.17) is 0 Å². The zero-order chi connectivity index (χ0) is 17.2. The summed E-state index contributed by atoms with van der Waals surface area (Å²) in [7, 11) is 0. The van der Waals surface area contributed by atoms with Crippen molar-refractivity contribution in [2.75, 3.05) is 0 Å². The molecule has 0 aromatic heterocycles. The Balaban J connectivity index is 0.000000180. The summed E-state index contributed by atoms with van der Waals surface area (Å²) in [6.45, 7) is 0. The summed E-state index contributed by atoms with van der Waals surface area (Å²) in [6, 6.07) is 41.6. The Labute approximate surface area is 167 Å². The molecule has 26 heavy (non-hydrogen) atoms.